The number of rotatable bonds is 6. The van der Waals surface area contributed by atoms with Gasteiger partial charge >= 0.3 is 5.97 Å². The first kappa shape index (κ1) is 16.5. The van der Waals surface area contributed by atoms with Crippen LogP contribution in [0.3, 0.4) is 0 Å². The van der Waals surface area contributed by atoms with E-state index in [2.05, 4.69) is 9.46 Å². The molecule has 1 aromatic rings. The van der Waals surface area contributed by atoms with Crippen LogP contribution in [-0.4, -0.2) is 31.7 Å². The molecule has 0 saturated heterocycles. The van der Waals surface area contributed by atoms with Gasteiger partial charge in [0.1, 0.15) is 0 Å². The van der Waals surface area contributed by atoms with Gasteiger partial charge in [0.2, 0.25) is 10.0 Å². The molecule has 2 unspecified atom stereocenters. The van der Waals surface area contributed by atoms with E-state index < -0.39 is 27.3 Å². The number of sulfonamides is 1. The number of benzene rings is 1. The second kappa shape index (κ2) is 6.78. The van der Waals surface area contributed by atoms with Crippen molar-refractivity contribution in [3.8, 4) is 0 Å². The lowest BCUT2D eigenvalue weighted by Crippen LogP contribution is -2.43. The van der Waals surface area contributed by atoms with Gasteiger partial charge in [-0.3, -0.25) is 4.79 Å². The zero-order valence-corrected chi connectivity index (χ0v) is 12.7. The summed E-state index contributed by atoms with van der Waals surface area (Å²) in [6.07, 6.45) is 0. The highest BCUT2D eigenvalue weighted by Crippen LogP contribution is 2.16. The largest absolute Gasteiger partial charge is 0.468 e. The van der Waals surface area contributed by atoms with Crippen LogP contribution in [0.1, 0.15) is 18.5 Å². The molecule has 0 amide bonds. The minimum Gasteiger partial charge on any atom is -0.468 e. The summed E-state index contributed by atoms with van der Waals surface area (Å²) in [5.74, 6) is -0.854. The molecule has 0 aliphatic rings. The molecule has 0 fully saturated rings. The number of methoxy groups -OCH3 is 1. The van der Waals surface area contributed by atoms with Crippen LogP contribution < -0.4 is 10.5 Å². The van der Waals surface area contributed by atoms with Crippen molar-refractivity contribution in [1.82, 2.24) is 4.72 Å². The van der Waals surface area contributed by atoms with Crippen LogP contribution in [0.2, 0.25) is 0 Å². The Kier molecular flexibility index (Phi) is 5.61. The lowest BCUT2D eigenvalue weighted by atomic mass is 10.1. The molecule has 1 aromatic carbocycles. The Labute approximate surface area is 123 Å². The Hall–Kier alpha value is -1.51. The monoisotopic (exact) mass is 316 g/mol. The van der Waals surface area contributed by atoms with Gasteiger partial charge in [-0.1, -0.05) is 42.5 Å². The van der Waals surface area contributed by atoms with Gasteiger partial charge in [-0.15, -0.1) is 0 Å². The number of carbonyl (C=O) groups excluding carboxylic acids is 1. The van der Waals surface area contributed by atoms with Crippen molar-refractivity contribution < 1.29 is 17.9 Å². The summed E-state index contributed by atoms with van der Waals surface area (Å²) >= 11 is 4.88. The van der Waals surface area contributed by atoms with Gasteiger partial charge in [-0.05, 0) is 12.5 Å². The maximum absolute atomic E-state index is 12.1. The van der Waals surface area contributed by atoms with Crippen LogP contribution in [0.25, 0.3) is 0 Å². The molecule has 8 heteroatoms. The molecular weight excluding hydrogens is 300 g/mol. The van der Waals surface area contributed by atoms with Gasteiger partial charge in [0.25, 0.3) is 0 Å². The lowest BCUT2D eigenvalue weighted by molar-refractivity contribution is -0.139. The van der Waals surface area contributed by atoms with Crippen molar-refractivity contribution in [2.24, 2.45) is 5.73 Å². The topological polar surface area (TPSA) is 98.5 Å². The molecule has 3 N–H and O–H groups in total. The van der Waals surface area contributed by atoms with E-state index in [4.69, 9.17) is 18.0 Å². The second-order valence-corrected chi connectivity index (χ2v) is 6.58. The van der Waals surface area contributed by atoms with Crippen molar-refractivity contribution >= 4 is 33.2 Å². The van der Waals surface area contributed by atoms with Crippen LogP contribution in [0.5, 0.6) is 0 Å². The van der Waals surface area contributed by atoms with Crippen molar-refractivity contribution in [3.05, 3.63) is 35.9 Å². The molecule has 20 heavy (non-hydrogen) atoms. The van der Waals surface area contributed by atoms with E-state index in [-0.39, 0.29) is 4.99 Å². The SMILES string of the molecule is COC(=O)C(C)S(=O)(=O)NC(C(N)=S)c1ccccc1. The Morgan fingerprint density at radius 2 is 1.90 bits per heavy atom. The molecular formula is C12H16N2O4S2. The molecule has 0 aliphatic carbocycles. The molecule has 2 atom stereocenters. The second-order valence-electron chi connectivity index (χ2n) is 4.07. The van der Waals surface area contributed by atoms with E-state index in [1.165, 1.54) is 6.92 Å². The number of nitrogens with two attached hydrogens (primary N) is 1. The summed E-state index contributed by atoms with van der Waals surface area (Å²) < 4.78 is 30.9. The van der Waals surface area contributed by atoms with Crippen LogP contribution in [0.4, 0.5) is 0 Å². The predicted octanol–water partition coefficient (Wildman–Crippen LogP) is 0.495. The third kappa shape index (κ3) is 3.99. The van der Waals surface area contributed by atoms with Crippen LogP contribution in [-0.2, 0) is 19.6 Å². The summed E-state index contributed by atoms with van der Waals surface area (Å²) in [7, 11) is -2.83. The Morgan fingerprint density at radius 3 is 2.35 bits per heavy atom. The summed E-state index contributed by atoms with van der Waals surface area (Å²) in [6.45, 7) is 1.23. The van der Waals surface area contributed by atoms with Crippen LogP contribution >= 0.6 is 12.2 Å². The fourth-order valence-corrected chi connectivity index (χ4v) is 2.91. The molecule has 0 aliphatic heterocycles. The first-order valence-corrected chi connectivity index (χ1v) is 7.68. The molecule has 1 rings (SSSR count). The maximum atomic E-state index is 12.1. The molecule has 0 saturated carbocycles. The molecule has 6 nitrogen and oxygen atoms in total. The first-order valence-electron chi connectivity index (χ1n) is 5.73. The number of carbonyl (C=O) groups is 1. The smallest absolute Gasteiger partial charge is 0.325 e. The standard InChI is InChI=1S/C12H16N2O4S2/c1-8(12(15)18-2)20(16,17)14-10(11(13)19)9-6-4-3-5-7-9/h3-8,10,14H,1-2H3,(H2,13,19). The van der Waals surface area contributed by atoms with Crippen molar-refractivity contribution in [2.45, 2.75) is 18.2 Å². The van der Waals surface area contributed by atoms with Crippen molar-refractivity contribution in [1.29, 1.82) is 0 Å². The molecule has 0 aromatic heterocycles. The third-order valence-corrected chi connectivity index (χ3v) is 4.62. The summed E-state index contributed by atoms with van der Waals surface area (Å²) in [5, 5.41) is -1.35. The zero-order valence-electron chi connectivity index (χ0n) is 11.1. The minimum absolute atomic E-state index is 0.0307. The number of hydrogen-bond acceptors (Lipinski definition) is 5. The first-order chi connectivity index (χ1) is 9.29. The van der Waals surface area contributed by atoms with Gasteiger partial charge in [-0.25, -0.2) is 13.1 Å². The van der Waals surface area contributed by atoms with Gasteiger partial charge in [0.15, 0.2) is 5.25 Å². The van der Waals surface area contributed by atoms with E-state index >= 15 is 0 Å². The molecule has 110 valence electrons. The fourth-order valence-electron chi connectivity index (χ4n) is 1.49. The number of ether oxygens (including phenoxy) is 1. The van der Waals surface area contributed by atoms with Crippen molar-refractivity contribution in [3.63, 3.8) is 0 Å². The average Bonchev–Trinajstić information content (AvgIpc) is 2.43. The lowest BCUT2D eigenvalue weighted by Gasteiger charge is -2.20. The zero-order chi connectivity index (χ0) is 15.3. The number of hydrogen-bond donors (Lipinski definition) is 2. The fraction of sp³-hybridized carbons (Fsp3) is 0.333. The van der Waals surface area contributed by atoms with Crippen molar-refractivity contribution in [2.75, 3.05) is 7.11 Å². The number of nitrogens with one attached hydrogen (secondary N) is 1. The van der Waals surface area contributed by atoms with Crippen LogP contribution in [0, 0.1) is 0 Å². The van der Waals surface area contributed by atoms with E-state index in [0.29, 0.717) is 5.56 Å². The predicted molar refractivity (Wildman–Crippen MR) is 79.5 cm³/mol. The molecule has 0 spiro atoms. The van der Waals surface area contributed by atoms with Gasteiger partial charge in [0, 0.05) is 0 Å². The number of thiocarbonyl (C=S) groups is 1. The van der Waals surface area contributed by atoms with Gasteiger partial charge < -0.3 is 10.5 Å². The Bertz CT molecular complexity index is 587. The molecule has 0 bridgehead atoms. The van der Waals surface area contributed by atoms with E-state index in [1.807, 2.05) is 0 Å². The summed E-state index contributed by atoms with van der Waals surface area (Å²) in [6, 6.07) is 7.76. The van der Waals surface area contributed by atoms with E-state index in [0.717, 1.165) is 7.11 Å². The Morgan fingerprint density at radius 1 is 1.35 bits per heavy atom. The summed E-state index contributed by atoms with van der Waals surface area (Å²) in [5.41, 5.74) is 6.17. The normalized spacial score (nSPS) is 14.3. The summed E-state index contributed by atoms with van der Waals surface area (Å²) in [4.78, 5) is 11.3. The number of esters is 1. The van der Waals surface area contributed by atoms with Gasteiger partial charge in [0.05, 0.1) is 18.1 Å². The minimum atomic E-state index is -3.96. The quantitative estimate of drug-likeness (QED) is 0.585. The highest BCUT2D eigenvalue weighted by molar-refractivity contribution is 7.91. The molecule has 0 radical (unpaired) electrons. The van der Waals surface area contributed by atoms with Crippen LogP contribution in [0.15, 0.2) is 30.3 Å². The highest BCUT2D eigenvalue weighted by Gasteiger charge is 2.32. The molecule has 0 heterocycles. The average molecular weight is 316 g/mol. The highest BCUT2D eigenvalue weighted by atomic mass is 32.2. The third-order valence-electron chi connectivity index (χ3n) is 2.70. The van der Waals surface area contributed by atoms with E-state index in [9.17, 15) is 13.2 Å². The Balaban J connectivity index is 3.03. The maximum Gasteiger partial charge on any atom is 0.325 e. The van der Waals surface area contributed by atoms with Gasteiger partial charge in [-0.2, -0.15) is 0 Å². The van der Waals surface area contributed by atoms with E-state index in [1.54, 1.807) is 30.3 Å².